The van der Waals surface area contributed by atoms with E-state index in [1.807, 2.05) is 0 Å². The Kier molecular flexibility index (Phi) is 1.46. The first-order valence-electron chi connectivity index (χ1n) is 5.36. The van der Waals surface area contributed by atoms with Crippen molar-refractivity contribution in [2.75, 3.05) is 0 Å². The van der Waals surface area contributed by atoms with Gasteiger partial charge in [-0.15, -0.1) is 23.5 Å². The number of hydrogen-bond donors (Lipinski definition) is 0. The van der Waals surface area contributed by atoms with E-state index in [0.717, 1.165) is 10.5 Å². The first-order chi connectivity index (χ1) is 7.25. The lowest BCUT2D eigenvalue weighted by atomic mass is 9.85. The maximum Gasteiger partial charge on any atom is 0.0722 e. The van der Waals surface area contributed by atoms with Crippen LogP contribution in [-0.4, -0.2) is 15.2 Å². The summed E-state index contributed by atoms with van der Waals surface area (Å²) in [6.45, 7) is 2.37. The van der Waals surface area contributed by atoms with Gasteiger partial charge in [-0.2, -0.15) is 0 Å². The van der Waals surface area contributed by atoms with Crippen LogP contribution >= 0.6 is 23.5 Å². The largest absolute Gasteiger partial charge is 0.144 e. The van der Waals surface area contributed by atoms with Crippen molar-refractivity contribution in [2.45, 2.75) is 26.9 Å². The molecule has 3 aliphatic rings. The molecule has 1 aromatic carbocycles. The molecule has 4 rings (SSSR count). The molecule has 1 aromatic rings. The summed E-state index contributed by atoms with van der Waals surface area (Å²) in [7, 11) is 0. The van der Waals surface area contributed by atoms with Crippen molar-refractivity contribution in [1.82, 2.24) is 0 Å². The van der Waals surface area contributed by atoms with Gasteiger partial charge in [0.05, 0.1) is 4.75 Å². The van der Waals surface area contributed by atoms with Crippen molar-refractivity contribution >= 4 is 23.5 Å². The summed E-state index contributed by atoms with van der Waals surface area (Å²) in [6, 6.07) is 11.0. The van der Waals surface area contributed by atoms with Gasteiger partial charge in [0.2, 0.25) is 0 Å². The van der Waals surface area contributed by atoms with Crippen LogP contribution in [0.15, 0.2) is 42.5 Å². The average molecular weight is 232 g/mol. The zero-order valence-electron chi connectivity index (χ0n) is 8.51. The van der Waals surface area contributed by atoms with E-state index in [0.29, 0.717) is 9.49 Å². The fraction of sp³-hybridized carbons (Fsp3) is 0.385. The molecule has 0 radical (unpaired) electrons. The highest BCUT2D eigenvalue weighted by Gasteiger charge is 2.71. The summed E-state index contributed by atoms with van der Waals surface area (Å²) in [6.07, 6.45) is 4.89. The van der Waals surface area contributed by atoms with Crippen LogP contribution in [0.3, 0.4) is 0 Å². The van der Waals surface area contributed by atoms with Crippen LogP contribution in [0.25, 0.3) is 0 Å². The molecule has 0 bridgehead atoms. The molecule has 0 saturated carbocycles. The fourth-order valence-corrected chi connectivity index (χ4v) is 5.86. The summed E-state index contributed by atoms with van der Waals surface area (Å²) >= 11 is 4.28. The third-order valence-electron chi connectivity index (χ3n) is 3.74. The van der Waals surface area contributed by atoms with Gasteiger partial charge in [-0.1, -0.05) is 42.5 Å². The highest BCUT2D eigenvalue weighted by Crippen LogP contribution is 2.76. The molecule has 4 atom stereocenters. The minimum Gasteiger partial charge on any atom is -0.144 e. The second-order valence-corrected chi connectivity index (χ2v) is 7.80. The van der Waals surface area contributed by atoms with Crippen LogP contribution in [0.5, 0.6) is 0 Å². The normalized spacial score (nSPS) is 49.4. The van der Waals surface area contributed by atoms with Crippen molar-refractivity contribution in [3.63, 3.8) is 0 Å². The molecule has 2 heteroatoms. The van der Waals surface area contributed by atoms with Crippen LogP contribution in [0, 0.1) is 0 Å². The molecule has 2 fully saturated rings. The fourth-order valence-electron chi connectivity index (χ4n) is 2.65. The molecule has 0 aromatic heterocycles. The van der Waals surface area contributed by atoms with Crippen molar-refractivity contribution in [3.8, 4) is 0 Å². The van der Waals surface area contributed by atoms with E-state index in [2.05, 4.69) is 72.9 Å². The molecule has 0 N–H and O–H groups in total. The van der Waals surface area contributed by atoms with Gasteiger partial charge < -0.3 is 0 Å². The summed E-state index contributed by atoms with van der Waals surface area (Å²) in [4.78, 5) is 0. The predicted molar refractivity (Wildman–Crippen MR) is 68.4 cm³/mol. The Bertz CT molecular complexity index is 453. The summed E-state index contributed by atoms with van der Waals surface area (Å²) in [5.74, 6) is 0. The van der Waals surface area contributed by atoms with E-state index >= 15 is 0 Å². The molecular formula is C13H12S2. The molecule has 1 aliphatic carbocycles. The smallest absolute Gasteiger partial charge is 0.0722 e. The maximum absolute atomic E-state index is 2.45. The molecule has 2 heterocycles. The Balaban J connectivity index is 1.79. The third-order valence-corrected chi connectivity index (χ3v) is 7.23. The second kappa shape index (κ2) is 2.49. The number of thioether (sulfide) groups is 2. The molecule has 0 spiro atoms. The molecule has 15 heavy (non-hydrogen) atoms. The predicted octanol–water partition coefficient (Wildman–Crippen LogP) is 3.44. The van der Waals surface area contributed by atoms with E-state index < -0.39 is 0 Å². The SMILES string of the molecule is CC12C=CC3(c4ccccc4)SC3C1S2. The summed E-state index contributed by atoms with van der Waals surface area (Å²) in [5.41, 5.74) is 1.49. The topological polar surface area (TPSA) is 0 Å². The van der Waals surface area contributed by atoms with Crippen LogP contribution in [0.1, 0.15) is 12.5 Å². The zero-order valence-corrected chi connectivity index (χ0v) is 10.1. The first kappa shape index (κ1) is 8.77. The standard InChI is InChI=1S/C13H12S2/c1-12-7-8-13(9-5-3-2-4-6-9)11(15-13)10(12)14-12/h2-8,10-11H,1H3. The highest BCUT2D eigenvalue weighted by atomic mass is 32.2. The van der Waals surface area contributed by atoms with Gasteiger partial charge in [0.25, 0.3) is 0 Å². The average Bonchev–Trinajstić information content (AvgIpc) is 3.11. The van der Waals surface area contributed by atoms with Gasteiger partial charge in [0.1, 0.15) is 0 Å². The van der Waals surface area contributed by atoms with Crippen LogP contribution in [0.4, 0.5) is 0 Å². The Hall–Kier alpha value is -0.340. The molecular weight excluding hydrogens is 220 g/mol. The Labute approximate surface area is 98.5 Å². The molecule has 0 nitrogen and oxygen atoms in total. The Morgan fingerprint density at radius 2 is 1.80 bits per heavy atom. The monoisotopic (exact) mass is 232 g/mol. The molecule has 4 unspecified atom stereocenters. The van der Waals surface area contributed by atoms with Gasteiger partial charge >= 0.3 is 0 Å². The van der Waals surface area contributed by atoms with E-state index in [1.165, 1.54) is 5.56 Å². The maximum atomic E-state index is 2.45. The summed E-state index contributed by atoms with van der Waals surface area (Å²) in [5, 5.41) is 1.70. The number of hydrogen-bond acceptors (Lipinski definition) is 2. The lowest BCUT2D eigenvalue weighted by Gasteiger charge is -2.16. The molecule has 76 valence electrons. The highest BCUT2D eigenvalue weighted by molar-refractivity contribution is 8.14. The second-order valence-electron chi connectivity index (χ2n) is 4.75. The van der Waals surface area contributed by atoms with E-state index in [1.54, 1.807) is 0 Å². The minimum absolute atomic E-state index is 0.342. The van der Waals surface area contributed by atoms with Gasteiger partial charge in [-0.05, 0) is 12.5 Å². The lowest BCUT2D eigenvalue weighted by molar-refractivity contribution is 0.704. The number of fused-ring (bicyclic) bond motifs is 3. The van der Waals surface area contributed by atoms with E-state index in [4.69, 9.17) is 0 Å². The van der Waals surface area contributed by atoms with Crippen LogP contribution in [-0.2, 0) is 4.75 Å². The zero-order chi connectivity index (χ0) is 10.1. The Morgan fingerprint density at radius 1 is 1.00 bits per heavy atom. The van der Waals surface area contributed by atoms with Gasteiger partial charge in [0.15, 0.2) is 0 Å². The van der Waals surface area contributed by atoms with Crippen molar-refractivity contribution < 1.29 is 0 Å². The van der Waals surface area contributed by atoms with Gasteiger partial charge in [-0.3, -0.25) is 0 Å². The third kappa shape index (κ3) is 1.02. The van der Waals surface area contributed by atoms with Crippen LogP contribution < -0.4 is 0 Å². The van der Waals surface area contributed by atoms with Crippen molar-refractivity contribution in [2.24, 2.45) is 0 Å². The quantitative estimate of drug-likeness (QED) is 0.537. The van der Waals surface area contributed by atoms with Crippen LogP contribution in [0.2, 0.25) is 0 Å². The van der Waals surface area contributed by atoms with Gasteiger partial charge in [-0.25, -0.2) is 0 Å². The summed E-state index contributed by atoms with van der Waals surface area (Å²) < 4.78 is 0.821. The van der Waals surface area contributed by atoms with E-state index in [9.17, 15) is 0 Å². The molecule has 0 amide bonds. The molecule has 2 saturated heterocycles. The minimum atomic E-state index is 0.342. The van der Waals surface area contributed by atoms with Crippen molar-refractivity contribution in [3.05, 3.63) is 48.0 Å². The Morgan fingerprint density at radius 3 is 2.60 bits per heavy atom. The lowest BCUT2D eigenvalue weighted by Crippen LogP contribution is -2.23. The molecule has 2 aliphatic heterocycles. The number of benzene rings is 1. The van der Waals surface area contributed by atoms with Gasteiger partial charge in [0, 0.05) is 15.2 Å². The van der Waals surface area contributed by atoms with Crippen molar-refractivity contribution in [1.29, 1.82) is 0 Å². The van der Waals surface area contributed by atoms with E-state index in [-0.39, 0.29) is 0 Å². The first-order valence-corrected chi connectivity index (χ1v) is 7.12. The number of rotatable bonds is 1.